The molecular weight excluding hydrogens is 266 g/mol. The molecule has 0 spiro atoms. The van der Waals surface area contributed by atoms with Crippen molar-refractivity contribution in [2.45, 2.75) is 16.2 Å². The summed E-state index contributed by atoms with van der Waals surface area (Å²) in [6, 6.07) is 4.04. The summed E-state index contributed by atoms with van der Waals surface area (Å²) >= 11 is 1.24. The maximum Gasteiger partial charge on any atom is 0.304 e. The van der Waals surface area contributed by atoms with Crippen molar-refractivity contribution in [3.05, 3.63) is 18.2 Å². The van der Waals surface area contributed by atoms with Gasteiger partial charge in [0.05, 0.1) is 12.1 Å². The molecule has 0 fully saturated rings. The summed E-state index contributed by atoms with van der Waals surface area (Å²) in [5.41, 5.74) is 5.41. The summed E-state index contributed by atoms with van der Waals surface area (Å²) in [5.74, 6) is -0.542. The third-order valence-electron chi connectivity index (χ3n) is 1.84. The fourth-order valence-corrected chi connectivity index (χ4v) is 2.59. The van der Waals surface area contributed by atoms with Crippen LogP contribution in [0.3, 0.4) is 0 Å². The topological polar surface area (TPSA) is 118 Å². The average Bonchev–Trinajstić information content (AvgIpc) is 2.14. The molecule has 6 nitrogen and oxygen atoms in total. The largest absolute Gasteiger partial charge is 0.481 e. The first-order valence-electron chi connectivity index (χ1n) is 4.52. The van der Waals surface area contributed by atoms with Crippen molar-refractivity contribution in [3.8, 4) is 0 Å². The lowest BCUT2D eigenvalue weighted by Crippen LogP contribution is -2.03. The van der Waals surface area contributed by atoms with Gasteiger partial charge in [-0.3, -0.25) is 9.35 Å². The van der Waals surface area contributed by atoms with Gasteiger partial charge in [0, 0.05) is 10.6 Å². The van der Waals surface area contributed by atoms with Crippen LogP contribution < -0.4 is 5.73 Å². The molecule has 0 bridgehead atoms. The lowest BCUT2D eigenvalue weighted by Gasteiger charge is -2.05. The van der Waals surface area contributed by atoms with Crippen LogP contribution in [0.5, 0.6) is 0 Å². The molecule has 0 heterocycles. The normalized spacial score (nSPS) is 11.4. The molecule has 0 saturated carbocycles. The zero-order valence-corrected chi connectivity index (χ0v) is 10.3. The van der Waals surface area contributed by atoms with Gasteiger partial charge in [-0.2, -0.15) is 8.42 Å². The highest BCUT2D eigenvalue weighted by Gasteiger charge is 2.13. The lowest BCUT2D eigenvalue weighted by molar-refractivity contribution is -0.136. The second-order valence-electron chi connectivity index (χ2n) is 3.17. The summed E-state index contributed by atoms with van der Waals surface area (Å²) < 4.78 is 30.5. The first-order valence-corrected chi connectivity index (χ1v) is 6.95. The molecule has 0 aliphatic rings. The number of thioether (sulfide) groups is 1. The van der Waals surface area contributed by atoms with E-state index in [9.17, 15) is 13.2 Å². The number of carbonyl (C=O) groups is 1. The Kier molecular flexibility index (Phi) is 4.38. The predicted molar refractivity (Wildman–Crippen MR) is 63.6 cm³/mol. The molecule has 0 atom stereocenters. The third kappa shape index (κ3) is 4.25. The van der Waals surface area contributed by atoms with E-state index in [1.54, 1.807) is 0 Å². The molecule has 0 radical (unpaired) electrons. The second-order valence-corrected chi connectivity index (χ2v) is 5.73. The third-order valence-corrected chi connectivity index (χ3v) is 3.77. The molecule has 8 heteroatoms. The Bertz CT molecular complexity index is 526. The van der Waals surface area contributed by atoms with Gasteiger partial charge in [-0.1, -0.05) is 0 Å². The zero-order chi connectivity index (χ0) is 13.1. The quantitative estimate of drug-likeness (QED) is 0.418. The molecule has 0 aliphatic carbocycles. The van der Waals surface area contributed by atoms with E-state index < -0.39 is 16.1 Å². The van der Waals surface area contributed by atoms with Gasteiger partial charge in [-0.25, -0.2) is 0 Å². The Morgan fingerprint density at radius 1 is 1.41 bits per heavy atom. The van der Waals surface area contributed by atoms with Crippen LogP contribution in [0.1, 0.15) is 6.42 Å². The van der Waals surface area contributed by atoms with Crippen LogP contribution in [0, 0.1) is 0 Å². The first-order chi connectivity index (χ1) is 7.80. The van der Waals surface area contributed by atoms with E-state index in [0.717, 1.165) is 0 Å². The van der Waals surface area contributed by atoms with E-state index in [4.69, 9.17) is 15.4 Å². The number of rotatable bonds is 5. The van der Waals surface area contributed by atoms with Gasteiger partial charge >= 0.3 is 5.97 Å². The van der Waals surface area contributed by atoms with E-state index >= 15 is 0 Å². The molecule has 1 aromatic carbocycles. The van der Waals surface area contributed by atoms with Gasteiger partial charge in [0.1, 0.15) is 4.90 Å². The number of carboxylic acid groups (broad SMARTS) is 1. The van der Waals surface area contributed by atoms with Crippen LogP contribution in [0.25, 0.3) is 0 Å². The maximum atomic E-state index is 10.9. The summed E-state index contributed by atoms with van der Waals surface area (Å²) in [5, 5.41) is 8.45. The second kappa shape index (κ2) is 5.39. The Hall–Kier alpha value is -1.25. The highest BCUT2D eigenvalue weighted by atomic mass is 32.2. The van der Waals surface area contributed by atoms with Gasteiger partial charge in [0.2, 0.25) is 0 Å². The number of nitrogen functional groups attached to an aromatic ring is 1. The van der Waals surface area contributed by atoms with Crippen LogP contribution in [-0.4, -0.2) is 29.8 Å². The van der Waals surface area contributed by atoms with Crippen molar-refractivity contribution in [1.29, 1.82) is 0 Å². The number of benzene rings is 1. The molecule has 1 rings (SSSR count). The Balaban J connectivity index is 2.79. The smallest absolute Gasteiger partial charge is 0.304 e. The summed E-state index contributed by atoms with van der Waals surface area (Å²) in [6.45, 7) is 0. The molecule has 17 heavy (non-hydrogen) atoms. The van der Waals surface area contributed by atoms with E-state index in [1.807, 2.05) is 0 Å². The van der Waals surface area contributed by atoms with Gasteiger partial charge in [0.25, 0.3) is 10.1 Å². The fourth-order valence-electron chi connectivity index (χ4n) is 1.11. The molecule has 0 saturated heterocycles. The van der Waals surface area contributed by atoms with Crippen molar-refractivity contribution in [1.82, 2.24) is 0 Å². The van der Waals surface area contributed by atoms with E-state index in [1.165, 1.54) is 30.0 Å². The van der Waals surface area contributed by atoms with Gasteiger partial charge < -0.3 is 10.8 Å². The van der Waals surface area contributed by atoms with Crippen LogP contribution in [-0.2, 0) is 14.9 Å². The van der Waals surface area contributed by atoms with Gasteiger partial charge in [0.15, 0.2) is 0 Å². The SMILES string of the molecule is Nc1cc(SCCC(=O)O)ccc1S(=O)(=O)O. The monoisotopic (exact) mass is 277 g/mol. The number of hydrogen-bond donors (Lipinski definition) is 3. The van der Waals surface area contributed by atoms with E-state index in [0.29, 0.717) is 10.6 Å². The minimum absolute atomic E-state index is 0.00458. The molecule has 0 unspecified atom stereocenters. The number of nitrogens with two attached hydrogens (primary N) is 1. The highest BCUT2D eigenvalue weighted by Crippen LogP contribution is 2.26. The Labute approximate surface area is 103 Å². The van der Waals surface area contributed by atoms with Gasteiger partial charge in [-0.05, 0) is 18.2 Å². The molecule has 0 amide bonds. The van der Waals surface area contributed by atoms with Crippen molar-refractivity contribution < 1.29 is 22.9 Å². The minimum Gasteiger partial charge on any atom is -0.481 e. The molecular formula is C9H11NO5S2. The van der Waals surface area contributed by atoms with Crippen molar-refractivity contribution in [2.75, 3.05) is 11.5 Å². The number of anilines is 1. The summed E-state index contributed by atoms with van der Waals surface area (Å²) in [7, 11) is -4.31. The minimum atomic E-state index is -4.31. The van der Waals surface area contributed by atoms with Crippen molar-refractivity contribution in [2.24, 2.45) is 0 Å². The Morgan fingerprint density at radius 3 is 2.53 bits per heavy atom. The number of aliphatic carboxylic acids is 1. The summed E-state index contributed by atoms with van der Waals surface area (Å²) in [6.07, 6.45) is 0.00458. The van der Waals surface area contributed by atoms with Crippen molar-refractivity contribution in [3.63, 3.8) is 0 Å². The van der Waals surface area contributed by atoms with Crippen LogP contribution in [0.2, 0.25) is 0 Å². The molecule has 0 aliphatic heterocycles. The fraction of sp³-hybridized carbons (Fsp3) is 0.222. The van der Waals surface area contributed by atoms with E-state index in [-0.39, 0.29) is 17.0 Å². The standard InChI is InChI=1S/C9H11NO5S2/c10-7-5-6(16-4-3-9(11)12)1-2-8(7)17(13,14)15/h1-2,5H,3-4,10H2,(H,11,12)(H,13,14,15). The Morgan fingerprint density at radius 2 is 2.06 bits per heavy atom. The van der Waals surface area contributed by atoms with E-state index in [2.05, 4.69) is 0 Å². The first kappa shape index (κ1) is 13.8. The van der Waals surface area contributed by atoms with Crippen LogP contribution >= 0.6 is 11.8 Å². The van der Waals surface area contributed by atoms with Crippen molar-refractivity contribution >= 4 is 33.5 Å². The number of hydrogen-bond acceptors (Lipinski definition) is 5. The molecule has 0 aromatic heterocycles. The summed E-state index contributed by atoms with van der Waals surface area (Å²) in [4.78, 5) is 10.6. The molecule has 1 aromatic rings. The molecule has 94 valence electrons. The zero-order valence-electron chi connectivity index (χ0n) is 8.66. The lowest BCUT2D eigenvalue weighted by atomic mass is 10.3. The van der Waals surface area contributed by atoms with Gasteiger partial charge in [-0.15, -0.1) is 11.8 Å². The molecule has 4 N–H and O–H groups in total. The predicted octanol–water partition coefficient (Wildman–Crippen LogP) is 1.08. The van der Waals surface area contributed by atoms with Crippen LogP contribution in [0.15, 0.2) is 28.0 Å². The average molecular weight is 277 g/mol. The number of carboxylic acids is 1. The van der Waals surface area contributed by atoms with Crippen LogP contribution in [0.4, 0.5) is 5.69 Å². The maximum absolute atomic E-state index is 10.9. The highest BCUT2D eigenvalue weighted by molar-refractivity contribution is 7.99.